The Morgan fingerprint density at radius 3 is 2.81 bits per heavy atom. The van der Waals surface area contributed by atoms with Crippen LogP contribution >= 0.6 is 11.8 Å². The quantitative estimate of drug-likeness (QED) is 0.797. The van der Waals surface area contributed by atoms with Gasteiger partial charge < -0.3 is 5.32 Å². The molecule has 0 aliphatic carbocycles. The molecule has 3 nitrogen and oxygen atoms in total. The number of aryl methyl sites for hydroxylation is 2. The molecule has 0 aliphatic rings. The van der Waals surface area contributed by atoms with E-state index in [0.717, 1.165) is 29.3 Å². The first kappa shape index (κ1) is 16.0. The van der Waals surface area contributed by atoms with Crippen molar-refractivity contribution in [3.8, 4) is 0 Å². The number of hydrogen-bond acceptors (Lipinski definition) is 3. The van der Waals surface area contributed by atoms with E-state index in [1.54, 1.807) is 23.9 Å². The topological polar surface area (TPSA) is 29.9 Å². The molecular weight excluding hydrogens is 285 g/mol. The van der Waals surface area contributed by atoms with Crippen molar-refractivity contribution in [3.05, 3.63) is 47.5 Å². The summed E-state index contributed by atoms with van der Waals surface area (Å²) in [5, 5.41) is 7.88. The molecule has 0 spiro atoms. The Morgan fingerprint density at radius 1 is 1.38 bits per heavy atom. The van der Waals surface area contributed by atoms with Gasteiger partial charge >= 0.3 is 0 Å². The average molecular weight is 307 g/mol. The average Bonchev–Trinajstić information content (AvgIpc) is 2.74. The van der Waals surface area contributed by atoms with Gasteiger partial charge in [0.05, 0.1) is 5.69 Å². The molecule has 1 N–H and O–H groups in total. The number of rotatable bonds is 7. The van der Waals surface area contributed by atoms with Crippen LogP contribution in [0.1, 0.15) is 18.3 Å². The van der Waals surface area contributed by atoms with E-state index in [-0.39, 0.29) is 5.82 Å². The molecule has 1 heterocycles. The van der Waals surface area contributed by atoms with E-state index in [4.69, 9.17) is 0 Å². The molecule has 114 valence electrons. The van der Waals surface area contributed by atoms with Crippen molar-refractivity contribution < 1.29 is 4.39 Å². The summed E-state index contributed by atoms with van der Waals surface area (Å²) in [5.41, 5.74) is 2.26. The zero-order chi connectivity index (χ0) is 15.2. The molecule has 1 aromatic heterocycles. The van der Waals surface area contributed by atoms with E-state index in [2.05, 4.69) is 23.4 Å². The van der Waals surface area contributed by atoms with Gasteiger partial charge in [0.2, 0.25) is 0 Å². The van der Waals surface area contributed by atoms with E-state index < -0.39 is 0 Å². The fourth-order valence-electron chi connectivity index (χ4n) is 2.34. The van der Waals surface area contributed by atoms with Gasteiger partial charge in [-0.05, 0) is 37.7 Å². The highest BCUT2D eigenvalue weighted by Gasteiger charge is 2.12. The summed E-state index contributed by atoms with van der Waals surface area (Å²) >= 11 is 1.68. The predicted molar refractivity (Wildman–Crippen MR) is 86.2 cm³/mol. The number of thioether (sulfide) groups is 1. The molecule has 0 aliphatic heterocycles. The van der Waals surface area contributed by atoms with E-state index in [1.807, 2.05) is 24.7 Å². The van der Waals surface area contributed by atoms with Crippen LogP contribution in [-0.4, -0.2) is 28.1 Å². The smallest absolute Gasteiger partial charge is 0.124 e. The third-order valence-corrected chi connectivity index (χ3v) is 4.45. The summed E-state index contributed by atoms with van der Waals surface area (Å²) in [5.74, 6) is 0.726. The second-order valence-corrected chi connectivity index (χ2v) is 6.22. The van der Waals surface area contributed by atoms with Gasteiger partial charge in [-0.1, -0.05) is 13.0 Å². The maximum absolute atomic E-state index is 13.2. The third kappa shape index (κ3) is 4.86. The summed E-state index contributed by atoms with van der Waals surface area (Å²) in [4.78, 5) is 0.971. The van der Waals surface area contributed by atoms with Crippen LogP contribution in [0.4, 0.5) is 4.39 Å². The Balaban J connectivity index is 1.97. The van der Waals surface area contributed by atoms with Gasteiger partial charge in [0.25, 0.3) is 0 Å². The van der Waals surface area contributed by atoms with E-state index in [1.165, 1.54) is 11.8 Å². The summed E-state index contributed by atoms with van der Waals surface area (Å²) in [7, 11) is 1.98. The number of halogens is 1. The summed E-state index contributed by atoms with van der Waals surface area (Å²) < 4.78 is 15.1. The second-order valence-electron chi connectivity index (χ2n) is 5.13. The van der Waals surface area contributed by atoms with E-state index >= 15 is 0 Å². The number of likely N-dealkylation sites (N-methyl/N-ethyl adjacent to an activating group) is 1. The third-order valence-electron chi connectivity index (χ3n) is 3.29. The van der Waals surface area contributed by atoms with Crippen molar-refractivity contribution in [2.45, 2.75) is 31.2 Å². The van der Waals surface area contributed by atoms with Crippen LogP contribution in [0, 0.1) is 12.7 Å². The van der Waals surface area contributed by atoms with Gasteiger partial charge in [0.15, 0.2) is 0 Å². The number of nitrogens with one attached hydrogen (secondary N) is 1. The second kappa shape index (κ2) is 7.61. The van der Waals surface area contributed by atoms with Gasteiger partial charge in [-0.2, -0.15) is 5.10 Å². The number of aromatic nitrogens is 2. The maximum Gasteiger partial charge on any atom is 0.124 e. The molecule has 0 radical (unpaired) electrons. The fraction of sp³-hybridized carbons (Fsp3) is 0.438. The van der Waals surface area contributed by atoms with Crippen molar-refractivity contribution in [2.24, 2.45) is 7.05 Å². The van der Waals surface area contributed by atoms with Gasteiger partial charge in [-0.3, -0.25) is 4.68 Å². The monoisotopic (exact) mass is 307 g/mol. The Hall–Kier alpha value is -1.33. The first-order chi connectivity index (χ1) is 10.1. The van der Waals surface area contributed by atoms with Crippen LogP contribution in [0.5, 0.6) is 0 Å². The largest absolute Gasteiger partial charge is 0.313 e. The van der Waals surface area contributed by atoms with Crippen molar-refractivity contribution in [3.63, 3.8) is 0 Å². The lowest BCUT2D eigenvalue weighted by molar-refractivity contribution is 0.549. The highest BCUT2D eigenvalue weighted by molar-refractivity contribution is 7.99. The normalized spacial score (nSPS) is 12.6. The SMILES string of the molecule is CCNC(CSc1cccc(F)c1)Cc1cc(C)nn1C. The zero-order valence-electron chi connectivity index (χ0n) is 12.8. The lowest BCUT2D eigenvalue weighted by Gasteiger charge is -2.17. The molecule has 1 unspecified atom stereocenters. The predicted octanol–water partition coefficient (Wildman–Crippen LogP) is 3.18. The highest BCUT2D eigenvalue weighted by atomic mass is 32.2. The lowest BCUT2D eigenvalue weighted by Crippen LogP contribution is -2.33. The van der Waals surface area contributed by atoms with Crippen LogP contribution in [0.25, 0.3) is 0 Å². The lowest BCUT2D eigenvalue weighted by atomic mass is 10.1. The molecule has 21 heavy (non-hydrogen) atoms. The van der Waals surface area contributed by atoms with Crippen LogP contribution in [-0.2, 0) is 13.5 Å². The van der Waals surface area contributed by atoms with Crippen LogP contribution < -0.4 is 5.32 Å². The van der Waals surface area contributed by atoms with Gasteiger partial charge in [-0.25, -0.2) is 4.39 Å². The Morgan fingerprint density at radius 2 is 2.19 bits per heavy atom. The molecule has 0 bridgehead atoms. The molecular formula is C16H22FN3S. The Kier molecular flexibility index (Phi) is 5.82. The number of nitrogens with zero attached hydrogens (tertiary/aromatic N) is 2. The minimum Gasteiger partial charge on any atom is -0.313 e. The number of benzene rings is 1. The first-order valence-corrected chi connectivity index (χ1v) is 8.18. The molecule has 0 saturated heterocycles. The Bertz CT molecular complexity index is 583. The van der Waals surface area contributed by atoms with Gasteiger partial charge in [0, 0.05) is 35.9 Å². The number of hydrogen-bond donors (Lipinski definition) is 1. The van der Waals surface area contributed by atoms with E-state index in [9.17, 15) is 4.39 Å². The molecule has 1 atom stereocenters. The Labute approximate surface area is 129 Å². The molecule has 2 rings (SSSR count). The summed E-state index contributed by atoms with van der Waals surface area (Å²) in [6, 6.07) is 9.23. The minimum atomic E-state index is -0.178. The van der Waals surface area contributed by atoms with Gasteiger partial charge in [0.1, 0.15) is 5.82 Å². The molecule has 1 aromatic carbocycles. The van der Waals surface area contributed by atoms with Crippen LogP contribution in [0.15, 0.2) is 35.2 Å². The van der Waals surface area contributed by atoms with Crippen molar-refractivity contribution in [1.82, 2.24) is 15.1 Å². The van der Waals surface area contributed by atoms with Crippen molar-refractivity contribution >= 4 is 11.8 Å². The fourth-order valence-corrected chi connectivity index (χ4v) is 3.34. The van der Waals surface area contributed by atoms with Crippen molar-refractivity contribution in [2.75, 3.05) is 12.3 Å². The summed E-state index contributed by atoms with van der Waals surface area (Å²) in [6.45, 7) is 5.03. The van der Waals surface area contributed by atoms with E-state index in [0.29, 0.717) is 6.04 Å². The highest BCUT2D eigenvalue weighted by Crippen LogP contribution is 2.20. The molecule has 0 saturated carbocycles. The van der Waals surface area contributed by atoms with Gasteiger partial charge in [-0.15, -0.1) is 11.8 Å². The molecule has 0 fully saturated rings. The maximum atomic E-state index is 13.2. The van der Waals surface area contributed by atoms with Crippen LogP contribution in [0.3, 0.4) is 0 Å². The van der Waals surface area contributed by atoms with Crippen LogP contribution in [0.2, 0.25) is 0 Å². The first-order valence-electron chi connectivity index (χ1n) is 7.19. The van der Waals surface area contributed by atoms with Crippen molar-refractivity contribution in [1.29, 1.82) is 0 Å². The minimum absolute atomic E-state index is 0.178. The molecule has 0 amide bonds. The molecule has 2 aromatic rings. The summed E-state index contributed by atoms with van der Waals surface area (Å²) in [6.07, 6.45) is 0.924. The standard InChI is InChI=1S/C16H22FN3S/c1-4-18-14(10-15-8-12(2)19-20(15)3)11-21-16-7-5-6-13(17)9-16/h5-9,14,18H,4,10-11H2,1-3H3. The zero-order valence-corrected chi connectivity index (χ0v) is 13.6. The molecule has 5 heteroatoms.